The summed E-state index contributed by atoms with van der Waals surface area (Å²) in [6.45, 7) is 0.343. The van der Waals surface area contributed by atoms with Gasteiger partial charge in [-0.25, -0.2) is 14.8 Å². The number of methoxy groups -OCH3 is 1. The second-order valence-electron chi connectivity index (χ2n) is 4.54. The minimum atomic E-state index is -0.416. The SMILES string of the molecule is COCc1cc(=O)oc2cc(-c3nccc(N)n3)ccc12. The summed E-state index contributed by atoms with van der Waals surface area (Å²) in [6.07, 6.45) is 1.58. The normalized spacial score (nSPS) is 10.9. The predicted molar refractivity (Wildman–Crippen MR) is 78.6 cm³/mol. The summed E-state index contributed by atoms with van der Waals surface area (Å²) in [4.78, 5) is 19.9. The quantitative estimate of drug-likeness (QED) is 0.739. The highest BCUT2D eigenvalue weighted by atomic mass is 16.5. The number of benzene rings is 1. The number of anilines is 1. The molecule has 3 rings (SSSR count). The van der Waals surface area contributed by atoms with Crippen LogP contribution in [0, 0.1) is 0 Å². The van der Waals surface area contributed by atoms with E-state index in [2.05, 4.69) is 9.97 Å². The lowest BCUT2D eigenvalue weighted by molar-refractivity contribution is 0.185. The van der Waals surface area contributed by atoms with Crippen LogP contribution in [0.25, 0.3) is 22.4 Å². The Hall–Kier alpha value is -2.73. The predicted octanol–water partition coefficient (Wildman–Crippen LogP) is 1.98. The molecule has 0 fully saturated rings. The van der Waals surface area contributed by atoms with E-state index < -0.39 is 5.63 Å². The van der Waals surface area contributed by atoms with Crippen molar-refractivity contribution < 1.29 is 9.15 Å². The molecule has 3 aromatic rings. The summed E-state index contributed by atoms with van der Waals surface area (Å²) in [7, 11) is 1.58. The first kappa shape index (κ1) is 13.3. The second kappa shape index (κ2) is 5.34. The summed E-state index contributed by atoms with van der Waals surface area (Å²) >= 11 is 0. The Labute approximate surface area is 120 Å². The van der Waals surface area contributed by atoms with E-state index in [1.807, 2.05) is 12.1 Å². The number of hydrogen-bond acceptors (Lipinski definition) is 6. The van der Waals surface area contributed by atoms with Gasteiger partial charge >= 0.3 is 5.63 Å². The first-order valence-electron chi connectivity index (χ1n) is 6.32. The molecule has 0 aliphatic carbocycles. The molecule has 0 radical (unpaired) electrons. The minimum absolute atomic E-state index is 0.343. The monoisotopic (exact) mass is 283 g/mol. The van der Waals surface area contributed by atoms with E-state index in [0.29, 0.717) is 23.8 Å². The van der Waals surface area contributed by atoms with Crippen molar-refractivity contribution in [3.63, 3.8) is 0 Å². The molecule has 6 nitrogen and oxygen atoms in total. The third-order valence-corrected chi connectivity index (χ3v) is 3.07. The zero-order valence-electron chi connectivity index (χ0n) is 11.4. The maximum absolute atomic E-state index is 11.6. The van der Waals surface area contributed by atoms with Crippen LogP contribution in [-0.4, -0.2) is 17.1 Å². The lowest BCUT2D eigenvalue weighted by atomic mass is 10.1. The molecule has 106 valence electrons. The summed E-state index contributed by atoms with van der Waals surface area (Å²) < 4.78 is 10.3. The number of nitrogens with two attached hydrogens (primary N) is 1. The molecule has 0 atom stereocenters. The molecule has 0 saturated heterocycles. The van der Waals surface area contributed by atoms with Crippen molar-refractivity contribution >= 4 is 16.8 Å². The van der Waals surface area contributed by atoms with Crippen molar-refractivity contribution in [3.8, 4) is 11.4 Å². The van der Waals surface area contributed by atoms with Crippen molar-refractivity contribution in [2.24, 2.45) is 0 Å². The van der Waals surface area contributed by atoms with Gasteiger partial charge in [0.25, 0.3) is 0 Å². The molecule has 2 aromatic heterocycles. The summed E-state index contributed by atoms with van der Waals surface area (Å²) in [5, 5.41) is 0.823. The van der Waals surface area contributed by atoms with Gasteiger partial charge in [0, 0.05) is 30.3 Å². The first-order valence-corrected chi connectivity index (χ1v) is 6.32. The molecule has 0 amide bonds. The Morgan fingerprint density at radius 3 is 2.90 bits per heavy atom. The lowest BCUT2D eigenvalue weighted by Crippen LogP contribution is -2.02. The van der Waals surface area contributed by atoms with Crippen LogP contribution in [0.15, 0.2) is 45.7 Å². The molecule has 6 heteroatoms. The van der Waals surface area contributed by atoms with Crippen LogP contribution in [0.5, 0.6) is 0 Å². The maximum atomic E-state index is 11.6. The van der Waals surface area contributed by atoms with Gasteiger partial charge < -0.3 is 14.9 Å². The van der Waals surface area contributed by atoms with E-state index >= 15 is 0 Å². The van der Waals surface area contributed by atoms with Crippen molar-refractivity contribution in [2.75, 3.05) is 12.8 Å². The van der Waals surface area contributed by atoms with Gasteiger partial charge in [-0.2, -0.15) is 0 Å². The lowest BCUT2D eigenvalue weighted by Gasteiger charge is -2.06. The molecule has 2 N–H and O–H groups in total. The fourth-order valence-electron chi connectivity index (χ4n) is 2.16. The maximum Gasteiger partial charge on any atom is 0.336 e. The van der Waals surface area contributed by atoms with Gasteiger partial charge in [0.05, 0.1) is 6.61 Å². The van der Waals surface area contributed by atoms with E-state index in [9.17, 15) is 4.79 Å². The van der Waals surface area contributed by atoms with Gasteiger partial charge in [0.15, 0.2) is 5.82 Å². The molecule has 0 saturated carbocycles. The zero-order chi connectivity index (χ0) is 14.8. The number of ether oxygens (including phenoxy) is 1. The first-order chi connectivity index (χ1) is 10.2. The van der Waals surface area contributed by atoms with Crippen LogP contribution >= 0.6 is 0 Å². The number of fused-ring (bicyclic) bond motifs is 1. The van der Waals surface area contributed by atoms with Crippen LogP contribution in [0.1, 0.15) is 5.56 Å². The molecule has 2 heterocycles. The molecular weight excluding hydrogens is 270 g/mol. The Bertz CT molecular complexity index is 858. The topological polar surface area (TPSA) is 91.2 Å². The fraction of sp³-hybridized carbons (Fsp3) is 0.133. The zero-order valence-corrected chi connectivity index (χ0v) is 11.4. The minimum Gasteiger partial charge on any atom is -0.423 e. The largest absolute Gasteiger partial charge is 0.423 e. The average Bonchev–Trinajstić information content (AvgIpc) is 2.46. The van der Waals surface area contributed by atoms with E-state index in [1.165, 1.54) is 6.07 Å². The number of aromatic nitrogens is 2. The molecule has 0 aliphatic heterocycles. The van der Waals surface area contributed by atoms with Crippen LogP contribution in [0.2, 0.25) is 0 Å². The van der Waals surface area contributed by atoms with Gasteiger partial charge in [0.1, 0.15) is 11.4 Å². The molecule has 0 spiro atoms. The van der Waals surface area contributed by atoms with Crippen LogP contribution in [-0.2, 0) is 11.3 Å². The Balaban J connectivity index is 2.18. The van der Waals surface area contributed by atoms with Crippen LogP contribution in [0.3, 0.4) is 0 Å². The van der Waals surface area contributed by atoms with Gasteiger partial charge in [-0.05, 0) is 17.7 Å². The van der Waals surface area contributed by atoms with Crippen molar-refractivity contribution in [1.29, 1.82) is 0 Å². The van der Waals surface area contributed by atoms with Crippen molar-refractivity contribution in [3.05, 3.63) is 52.5 Å². The van der Waals surface area contributed by atoms with Crippen molar-refractivity contribution in [1.82, 2.24) is 9.97 Å². The third kappa shape index (κ3) is 2.61. The molecule has 1 aromatic carbocycles. The summed E-state index contributed by atoms with van der Waals surface area (Å²) in [6, 6.07) is 8.49. The summed E-state index contributed by atoms with van der Waals surface area (Å²) in [5.41, 5.74) is 7.22. The Morgan fingerprint density at radius 2 is 2.14 bits per heavy atom. The number of nitrogens with zero attached hydrogens (tertiary/aromatic N) is 2. The summed E-state index contributed by atoms with van der Waals surface area (Å²) in [5.74, 6) is 0.867. The van der Waals surface area contributed by atoms with E-state index in [1.54, 1.807) is 25.4 Å². The average molecular weight is 283 g/mol. The molecule has 0 unspecified atom stereocenters. The van der Waals surface area contributed by atoms with Crippen molar-refractivity contribution in [2.45, 2.75) is 6.61 Å². The highest BCUT2D eigenvalue weighted by molar-refractivity contribution is 5.84. The van der Waals surface area contributed by atoms with Gasteiger partial charge in [0.2, 0.25) is 0 Å². The van der Waals surface area contributed by atoms with Gasteiger partial charge in [-0.3, -0.25) is 0 Å². The van der Waals surface area contributed by atoms with E-state index in [4.69, 9.17) is 14.9 Å². The number of rotatable bonds is 3. The van der Waals surface area contributed by atoms with E-state index in [0.717, 1.165) is 16.5 Å². The standard InChI is InChI=1S/C15H13N3O3/c1-20-8-10-7-14(19)21-12-6-9(2-3-11(10)12)15-17-5-4-13(16)18-15/h2-7H,8H2,1H3,(H2,16,17,18). The fourth-order valence-corrected chi connectivity index (χ4v) is 2.16. The van der Waals surface area contributed by atoms with E-state index in [-0.39, 0.29) is 0 Å². The molecule has 21 heavy (non-hydrogen) atoms. The molecule has 0 bridgehead atoms. The highest BCUT2D eigenvalue weighted by Crippen LogP contribution is 2.24. The van der Waals surface area contributed by atoms with Crippen LogP contribution < -0.4 is 11.4 Å². The van der Waals surface area contributed by atoms with Crippen LogP contribution in [0.4, 0.5) is 5.82 Å². The second-order valence-corrected chi connectivity index (χ2v) is 4.54. The Morgan fingerprint density at radius 1 is 1.29 bits per heavy atom. The van der Waals surface area contributed by atoms with Gasteiger partial charge in [-0.1, -0.05) is 12.1 Å². The number of nitrogen functional groups attached to an aromatic ring is 1. The third-order valence-electron chi connectivity index (χ3n) is 3.07. The van der Waals surface area contributed by atoms with Gasteiger partial charge in [-0.15, -0.1) is 0 Å². The number of hydrogen-bond donors (Lipinski definition) is 1. The smallest absolute Gasteiger partial charge is 0.336 e. The highest BCUT2D eigenvalue weighted by Gasteiger charge is 2.09. The molecular formula is C15H13N3O3. The molecule has 0 aliphatic rings. The Kier molecular flexibility index (Phi) is 3.37.